The Labute approximate surface area is 116 Å². The quantitative estimate of drug-likeness (QED) is 0.757. The van der Waals surface area contributed by atoms with Crippen LogP contribution in [0.2, 0.25) is 0 Å². The predicted molar refractivity (Wildman–Crippen MR) is 72.6 cm³/mol. The topological polar surface area (TPSA) is 41.1 Å². The molecule has 0 spiro atoms. The van der Waals surface area contributed by atoms with Gasteiger partial charge in [0.2, 0.25) is 5.91 Å². The van der Waals surface area contributed by atoms with Crippen molar-refractivity contribution in [1.29, 1.82) is 0 Å². The summed E-state index contributed by atoms with van der Waals surface area (Å²) in [5.74, 6) is -0.131. The van der Waals surface area contributed by atoms with Gasteiger partial charge < -0.3 is 10.6 Å². The summed E-state index contributed by atoms with van der Waals surface area (Å²) < 4.78 is 36.4. The van der Waals surface area contributed by atoms with Crippen molar-refractivity contribution >= 4 is 11.6 Å². The van der Waals surface area contributed by atoms with Gasteiger partial charge in [-0.05, 0) is 44.1 Å². The Kier molecular flexibility index (Phi) is 6.51. The maximum atomic E-state index is 12.1. The Morgan fingerprint density at radius 3 is 2.70 bits per heavy atom. The number of anilines is 1. The van der Waals surface area contributed by atoms with E-state index in [-0.39, 0.29) is 12.3 Å². The van der Waals surface area contributed by atoms with Crippen molar-refractivity contribution in [1.82, 2.24) is 5.32 Å². The number of alkyl halides is 3. The van der Waals surface area contributed by atoms with Crippen molar-refractivity contribution in [3.05, 3.63) is 29.8 Å². The Hall–Kier alpha value is -1.56. The highest BCUT2D eigenvalue weighted by Gasteiger charge is 2.26. The van der Waals surface area contributed by atoms with Gasteiger partial charge in [0.25, 0.3) is 0 Å². The van der Waals surface area contributed by atoms with Gasteiger partial charge in [0.1, 0.15) is 0 Å². The lowest BCUT2D eigenvalue weighted by Gasteiger charge is -2.09. The Balaban J connectivity index is 2.49. The van der Waals surface area contributed by atoms with Crippen LogP contribution in [-0.2, 0) is 11.2 Å². The first-order valence-electron chi connectivity index (χ1n) is 6.51. The normalized spacial score (nSPS) is 11.4. The van der Waals surface area contributed by atoms with Crippen molar-refractivity contribution < 1.29 is 18.0 Å². The molecule has 20 heavy (non-hydrogen) atoms. The summed E-state index contributed by atoms with van der Waals surface area (Å²) in [6.07, 6.45) is -3.99. The van der Waals surface area contributed by atoms with Gasteiger partial charge in [-0.3, -0.25) is 4.79 Å². The zero-order chi connectivity index (χ0) is 15.0. The molecule has 0 heterocycles. The second-order valence-electron chi connectivity index (χ2n) is 4.57. The van der Waals surface area contributed by atoms with E-state index in [1.54, 1.807) is 24.3 Å². The molecule has 0 saturated heterocycles. The highest BCUT2D eigenvalue weighted by molar-refractivity contribution is 5.90. The molecule has 0 aromatic heterocycles. The van der Waals surface area contributed by atoms with Crippen LogP contribution in [0.1, 0.15) is 24.8 Å². The molecule has 0 unspecified atom stereocenters. The molecule has 0 bridgehead atoms. The summed E-state index contributed by atoms with van der Waals surface area (Å²) in [6.45, 7) is 0.749. The minimum Gasteiger partial charge on any atom is -0.326 e. The molecule has 1 rings (SSSR count). The van der Waals surface area contributed by atoms with Gasteiger partial charge in [-0.1, -0.05) is 12.1 Å². The van der Waals surface area contributed by atoms with E-state index in [9.17, 15) is 18.0 Å². The van der Waals surface area contributed by atoms with Gasteiger partial charge >= 0.3 is 6.18 Å². The van der Waals surface area contributed by atoms with Gasteiger partial charge in [-0.25, -0.2) is 0 Å². The second kappa shape index (κ2) is 7.89. The zero-order valence-corrected chi connectivity index (χ0v) is 11.4. The molecule has 1 aromatic rings. The van der Waals surface area contributed by atoms with E-state index in [0.29, 0.717) is 17.7 Å². The molecule has 1 amide bonds. The largest absolute Gasteiger partial charge is 0.389 e. The Bertz CT molecular complexity index is 433. The fourth-order valence-electron chi connectivity index (χ4n) is 1.74. The summed E-state index contributed by atoms with van der Waals surface area (Å²) in [4.78, 5) is 11.6. The summed E-state index contributed by atoms with van der Waals surface area (Å²) in [5.41, 5.74) is 1.11. The average Bonchev–Trinajstić information content (AvgIpc) is 2.36. The summed E-state index contributed by atoms with van der Waals surface area (Å²) >= 11 is 0. The minimum absolute atomic E-state index is 0.0764. The number of nitrogens with one attached hydrogen (secondary N) is 2. The molecule has 2 N–H and O–H groups in total. The lowest BCUT2D eigenvalue weighted by Crippen LogP contribution is -2.15. The lowest BCUT2D eigenvalue weighted by molar-refractivity contribution is -0.134. The number of benzene rings is 1. The van der Waals surface area contributed by atoms with E-state index in [1.807, 2.05) is 7.05 Å². The van der Waals surface area contributed by atoms with Crippen molar-refractivity contribution in [3.63, 3.8) is 0 Å². The first kappa shape index (κ1) is 16.5. The first-order valence-corrected chi connectivity index (χ1v) is 6.51. The monoisotopic (exact) mass is 288 g/mol. The number of aryl methyl sites for hydroxylation is 1. The number of carbonyl (C=O) groups excluding carboxylic acids is 1. The van der Waals surface area contributed by atoms with Crippen LogP contribution >= 0.6 is 0 Å². The lowest BCUT2D eigenvalue weighted by atomic mass is 10.1. The molecule has 6 heteroatoms. The van der Waals surface area contributed by atoms with Crippen LogP contribution in [0.15, 0.2) is 24.3 Å². The molecule has 0 aliphatic carbocycles. The SMILES string of the molecule is CNCCCC(=O)Nc1cccc(CCC(F)(F)F)c1. The smallest absolute Gasteiger partial charge is 0.326 e. The van der Waals surface area contributed by atoms with Crippen molar-refractivity contribution in [2.75, 3.05) is 18.9 Å². The molecule has 112 valence electrons. The van der Waals surface area contributed by atoms with Gasteiger partial charge in [0.05, 0.1) is 0 Å². The third-order valence-electron chi connectivity index (χ3n) is 2.74. The van der Waals surface area contributed by atoms with E-state index in [2.05, 4.69) is 10.6 Å². The fourth-order valence-corrected chi connectivity index (χ4v) is 1.74. The number of rotatable bonds is 7. The molecular formula is C14H19F3N2O. The van der Waals surface area contributed by atoms with Crippen LogP contribution in [-0.4, -0.2) is 25.7 Å². The van der Waals surface area contributed by atoms with Crippen LogP contribution in [0.3, 0.4) is 0 Å². The number of hydrogen-bond acceptors (Lipinski definition) is 2. The van der Waals surface area contributed by atoms with Crippen LogP contribution < -0.4 is 10.6 Å². The van der Waals surface area contributed by atoms with E-state index < -0.39 is 12.6 Å². The van der Waals surface area contributed by atoms with E-state index >= 15 is 0 Å². The molecule has 0 aliphatic rings. The van der Waals surface area contributed by atoms with E-state index in [0.717, 1.165) is 13.0 Å². The Morgan fingerprint density at radius 1 is 1.30 bits per heavy atom. The summed E-state index contributed by atoms with van der Waals surface area (Å²) in [5, 5.41) is 5.63. The minimum atomic E-state index is -4.16. The number of halogens is 3. The molecule has 1 aromatic carbocycles. The third-order valence-corrected chi connectivity index (χ3v) is 2.74. The molecule has 0 aliphatic heterocycles. The maximum absolute atomic E-state index is 12.1. The molecule has 3 nitrogen and oxygen atoms in total. The van der Waals surface area contributed by atoms with Crippen molar-refractivity contribution in [2.24, 2.45) is 0 Å². The van der Waals surface area contributed by atoms with Gasteiger partial charge in [0, 0.05) is 18.5 Å². The molecule has 0 fully saturated rings. The summed E-state index contributed by atoms with van der Waals surface area (Å²) in [7, 11) is 1.81. The van der Waals surface area contributed by atoms with Crippen LogP contribution in [0.4, 0.5) is 18.9 Å². The number of hydrogen-bond donors (Lipinski definition) is 2. The fraction of sp³-hybridized carbons (Fsp3) is 0.500. The van der Waals surface area contributed by atoms with Crippen LogP contribution in [0.25, 0.3) is 0 Å². The third kappa shape index (κ3) is 7.13. The van der Waals surface area contributed by atoms with Gasteiger partial charge in [-0.2, -0.15) is 13.2 Å². The number of amides is 1. The molecule has 0 atom stereocenters. The van der Waals surface area contributed by atoms with Gasteiger partial charge in [-0.15, -0.1) is 0 Å². The highest BCUT2D eigenvalue weighted by Crippen LogP contribution is 2.23. The predicted octanol–water partition coefficient (Wildman–Crippen LogP) is 3.12. The van der Waals surface area contributed by atoms with Crippen LogP contribution in [0.5, 0.6) is 0 Å². The first-order chi connectivity index (χ1) is 9.40. The zero-order valence-electron chi connectivity index (χ0n) is 11.4. The average molecular weight is 288 g/mol. The second-order valence-corrected chi connectivity index (χ2v) is 4.57. The Morgan fingerprint density at radius 2 is 2.05 bits per heavy atom. The van der Waals surface area contributed by atoms with Crippen LogP contribution in [0, 0.1) is 0 Å². The molecular weight excluding hydrogens is 269 g/mol. The van der Waals surface area contributed by atoms with Crippen molar-refractivity contribution in [3.8, 4) is 0 Å². The molecule has 0 radical (unpaired) electrons. The van der Waals surface area contributed by atoms with E-state index in [1.165, 1.54) is 0 Å². The highest BCUT2D eigenvalue weighted by atomic mass is 19.4. The van der Waals surface area contributed by atoms with Gasteiger partial charge in [0.15, 0.2) is 0 Å². The number of carbonyl (C=O) groups is 1. The van der Waals surface area contributed by atoms with Crippen molar-refractivity contribution in [2.45, 2.75) is 31.9 Å². The standard InChI is InChI=1S/C14H19F3N2O/c1-18-9-3-6-13(20)19-12-5-2-4-11(10-12)7-8-14(15,16)17/h2,4-5,10,18H,3,6-9H2,1H3,(H,19,20). The maximum Gasteiger partial charge on any atom is 0.389 e. The van der Waals surface area contributed by atoms with E-state index in [4.69, 9.17) is 0 Å². The summed E-state index contributed by atoms with van der Waals surface area (Å²) in [6, 6.07) is 6.53. The molecule has 0 saturated carbocycles.